The van der Waals surface area contributed by atoms with E-state index in [1.54, 1.807) is 17.9 Å². The van der Waals surface area contributed by atoms with Gasteiger partial charge in [-0.25, -0.2) is 4.79 Å². The lowest BCUT2D eigenvalue weighted by Gasteiger charge is -2.26. The van der Waals surface area contributed by atoms with Crippen LogP contribution in [0.1, 0.15) is 36.2 Å². The van der Waals surface area contributed by atoms with Crippen LogP contribution in [-0.2, 0) is 20.7 Å². The number of carbonyl (C=O) groups is 3. The second-order valence-electron chi connectivity index (χ2n) is 6.90. The van der Waals surface area contributed by atoms with Gasteiger partial charge < -0.3 is 15.0 Å². The summed E-state index contributed by atoms with van der Waals surface area (Å²) in [5, 5.41) is 11.1. The van der Waals surface area contributed by atoms with Crippen molar-refractivity contribution in [1.82, 2.24) is 0 Å². The Balaban J connectivity index is 1.64. The Morgan fingerprint density at radius 1 is 1.21 bits per heavy atom. The second kappa shape index (κ2) is 8.57. The van der Waals surface area contributed by atoms with E-state index in [-0.39, 0.29) is 23.9 Å². The molecule has 2 aromatic carbocycles. The molecule has 0 bridgehead atoms. The van der Waals surface area contributed by atoms with Gasteiger partial charge >= 0.3 is 5.97 Å². The minimum Gasteiger partial charge on any atom is -0.449 e. The number of fused-ring (bicyclic) bond motifs is 1. The Hall–Kier alpha value is -3.66. The van der Waals surface area contributed by atoms with Crippen LogP contribution >= 0.6 is 0 Å². The van der Waals surface area contributed by atoms with Crippen LogP contribution in [0.5, 0.6) is 0 Å². The molecule has 0 saturated carbocycles. The maximum absolute atomic E-state index is 12.9. The van der Waals surface area contributed by atoms with Crippen LogP contribution in [0.25, 0.3) is 0 Å². The molecular formula is C22H21N3O4. The quantitative estimate of drug-likeness (QED) is 0.790. The van der Waals surface area contributed by atoms with Crippen LogP contribution in [0.4, 0.5) is 11.4 Å². The van der Waals surface area contributed by atoms with E-state index in [1.807, 2.05) is 31.2 Å². The Morgan fingerprint density at radius 2 is 1.90 bits per heavy atom. The standard InChI is InChI=1S/C22H21N3O4/c1-14-13-17-5-3-4-6-19(17)25(14)21(27)15(2)29-22(28)16-7-9-18(10-8-16)24-20(26)11-12-23/h3-10,14-15H,11,13H2,1-2H3,(H,24,26)/t14-,15+/m1/s1. The first-order valence-electron chi connectivity index (χ1n) is 9.29. The molecule has 2 atom stereocenters. The van der Waals surface area contributed by atoms with Crippen LogP contribution in [0, 0.1) is 11.3 Å². The number of nitrogens with one attached hydrogen (secondary N) is 1. The van der Waals surface area contributed by atoms with Gasteiger partial charge in [0.2, 0.25) is 5.91 Å². The van der Waals surface area contributed by atoms with Gasteiger partial charge in [0, 0.05) is 17.4 Å². The molecule has 0 aliphatic carbocycles. The lowest BCUT2D eigenvalue weighted by Crippen LogP contribution is -2.43. The lowest BCUT2D eigenvalue weighted by molar-refractivity contribution is -0.126. The number of nitrogens with zero attached hydrogens (tertiary/aromatic N) is 2. The van der Waals surface area contributed by atoms with Gasteiger partial charge in [-0.1, -0.05) is 18.2 Å². The second-order valence-corrected chi connectivity index (χ2v) is 6.90. The van der Waals surface area contributed by atoms with Crippen molar-refractivity contribution in [1.29, 1.82) is 5.26 Å². The zero-order valence-corrected chi connectivity index (χ0v) is 16.2. The summed E-state index contributed by atoms with van der Waals surface area (Å²) in [5.74, 6) is -1.32. The van der Waals surface area contributed by atoms with E-state index in [0.717, 1.165) is 17.7 Å². The van der Waals surface area contributed by atoms with Gasteiger partial charge in [0.25, 0.3) is 5.91 Å². The molecule has 1 aliphatic rings. The van der Waals surface area contributed by atoms with Crippen molar-refractivity contribution in [2.24, 2.45) is 0 Å². The first-order valence-corrected chi connectivity index (χ1v) is 9.29. The summed E-state index contributed by atoms with van der Waals surface area (Å²) in [7, 11) is 0. The summed E-state index contributed by atoms with van der Waals surface area (Å²) >= 11 is 0. The molecule has 148 valence electrons. The summed E-state index contributed by atoms with van der Waals surface area (Å²) < 4.78 is 5.37. The summed E-state index contributed by atoms with van der Waals surface area (Å²) in [5.41, 5.74) is 2.68. The molecule has 2 amide bonds. The highest BCUT2D eigenvalue weighted by atomic mass is 16.5. The number of hydrogen-bond donors (Lipinski definition) is 1. The molecule has 7 nitrogen and oxygen atoms in total. The molecule has 29 heavy (non-hydrogen) atoms. The summed E-state index contributed by atoms with van der Waals surface area (Å²) in [6.45, 7) is 3.52. The monoisotopic (exact) mass is 391 g/mol. The number of benzene rings is 2. The number of nitriles is 1. The molecule has 0 aromatic heterocycles. The van der Waals surface area contributed by atoms with Gasteiger partial charge in [-0.15, -0.1) is 0 Å². The summed E-state index contributed by atoms with van der Waals surface area (Å²) in [6.07, 6.45) is -0.422. The molecular weight excluding hydrogens is 370 g/mol. The van der Waals surface area contributed by atoms with Gasteiger partial charge in [-0.2, -0.15) is 5.26 Å². The fraction of sp³-hybridized carbons (Fsp3) is 0.273. The number of anilines is 2. The largest absolute Gasteiger partial charge is 0.449 e. The van der Waals surface area contributed by atoms with Crippen molar-refractivity contribution in [3.63, 3.8) is 0 Å². The number of rotatable bonds is 5. The number of hydrogen-bond acceptors (Lipinski definition) is 5. The van der Waals surface area contributed by atoms with Gasteiger partial charge in [0.05, 0.1) is 11.6 Å². The third kappa shape index (κ3) is 4.43. The third-order valence-corrected chi connectivity index (χ3v) is 4.72. The molecule has 0 fully saturated rings. The normalized spacial score (nSPS) is 15.8. The maximum atomic E-state index is 12.9. The number of esters is 1. The molecule has 1 aliphatic heterocycles. The van der Waals surface area contributed by atoms with Crippen molar-refractivity contribution >= 4 is 29.2 Å². The third-order valence-electron chi connectivity index (χ3n) is 4.72. The molecule has 0 unspecified atom stereocenters. The predicted molar refractivity (Wildman–Crippen MR) is 107 cm³/mol. The minimum absolute atomic E-state index is 0.00245. The van der Waals surface area contributed by atoms with Crippen LogP contribution in [0.3, 0.4) is 0 Å². The van der Waals surface area contributed by atoms with Gasteiger partial charge in [0.1, 0.15) is 6.42 Å². The number of para-hydroxylation sites is 1. The Bertz CT molecular complexity index is 978. The van der Waals surface area contributed by atoms with E-state index in [4.69, 9.17) is 10.00 Å². The Kier molecular flexibility index (Phi) is 5.93. The van der Waals surface area contributed by atoms with E-state index in [0.29, 0.717) is 5.69 Å². The van der Waals surface area contributed by atoms with Crippen LogP contribution in [0.15, 0.2) is 48.5 Å². The SMILES string of the molecule is C[C@H](OC(=O)c1ccc(NC(=O)CC#N)cc1)C(=O)N1c2ccccc2C[C@H]1C. The zero-order valence-electron chi connectivity index (χ0n) is 16.2. The molecule has 7 heteroatoms. The molecule has 0 radical (unpaired) electrons. The molecule has 1 N–H and O–H groups in total. The molecule has 2 aromatic rings. The number of amides is 2. The van der Waals surface area contributed by atoms with E-state index in [1.165, 1.54) is 24.3 Å². The zero-order chi connectivity index (χ0) is 21.0. The maximum Gasteiger partial charge on any atom is 0.338 e. The van der Waals surface area contributed by atoms with Crippen molar-refractivity contribution in [2.75, 3.05) is 10.2 Å². The average Bonchev–Trinajstić information content (AvgIpc) is 3.03. The van der Waals surface area contributed by atoms with E-state index in [9.17, 15) is 14.4 Å². The van der Waals surface area contributed by atoms with Crippen LogP contribution in [-0.4, -0.2) is 29.9 Å². The highest BCUT2D eigenvalue weighted by Gasteiger charge is 2.34. The van der Waals surface area contributed by atoms with Gasteiger partial charge in [-0.05, 0) is 56.2 Å². The summed E-state index contributed by atoms with van der Waals surface area (Å²) in [4.78, 5) is 38.4. The first-order chi connectivity index (χ1) is 13.9. The first kappa shape index (κ1) is 20.1. The molecule has 3 rings (SSSR count). The van der Waals surface area contributed by atoms with Crippen LogP contribution in [0.2, 0.25) is 0 Å². The average molecular weight is 391 g/mol. The van der Waals surface area contributed by atoms with Crippen molar-refractivity contribution in [3.05, 3.63) is 59.7 Å². The Labute approximate surface area is 168 Å². The van der Waals surface area contributed by atoms with Crippen LogP contribution < -0.4 is 10.2 Å². The summed E-state index contributed by atoms with van der Waals surface area (Å²) in [6, 6.07) is 15.5. The number of ether oxygens (including phenoxy) is 1. The van der Waals surface area contributed by atoms with E-state index >= 15 is 0 Å². The fourth-order valence-electron chi connectivity index (χ4n) is 3.34. The van der Waals surface area contributed by atoms with Crippen molar-refractivity contribution < 1.29 is 19.1 Å². The predicted octanol–water partition coefficient (Wildman–Crippen LogP) is 3.06. The molecule has 0 saturated heterocycles. The number of carbonyl (C=O) groups excluding carboxylic acids is 3. The van der Waals surface area contributed by atoms with E-state index in [2.05, 4.69) is 5.32 Å². The molecule has 1 heterocycles. The van der Waals surface area contributed by atoms with Crippen molar-refractivity contribution in [2.45, 2.75) is 38.8 Å². The van der Waals surface area contributed by atoms with Gasteiger partial charge in [0.15, 0.2) is 6.10 Å². The highest BCUT2D eigenvalue weighted by molar-refractivity contribution is 6.01. The minimum atomic E-state index is -0.939. The van der Waals surface area contributed by atoms with Crippen molar-refractivity contribution in [3.8, 4) is 6.07 Å². The molecule has 0 spiro atoms. The fourth-order valence-corrected chi connectivity index (χ4v) is 3.34. The topological polar surface area (TPSA) is 99.5 Å². The Morgan fingerprint density at radius 3 is 2.59 bits per heavy atom. The van der Waals surface area contributed by atoms with Gasteiger partial charge in [-0.3, -0.25) is 9.59 Å². The van der Waals surface area contributed by atoms with E-state index < -0.39 is 18.0 Å². The highest BCUT2D eigenvalue weighted by Crippen LogP contribution is 2.32. The lowest BCUT2D eigenvalue weighted by atomic mass is 10.1. The smallest absolute Gasteiger partial charge is 0.338 e.